The van der Waals surface area contributed by atoms with Crippen LogP contribution in [0.3, 0.4) is 0 Å². The van der Waals surface area contributed by atoms with Gasteiger partial charge in [0.1, 0.15) is 0 Å². The molecule has 1 N–H and O–H groups in total. The lowest BCUT2D eigenvalue weighted by Crippen LogP contribution is -2.57. The Hall–Kier alpha value is -0.650. The van der Waals surface area contributed by atoms with Gasteiger partial charge in [-0.25, -0.2) is 0 Å². The fraction of sp³-hybridized carbons (Fsp3) is 0.938. The smallest absolute Gasteiger partial charge is 0.231 e. The van der Waals surface area contributed by atoms with Gasteiger partial charge in [0.2, 0.25) is 5.91 Å². The van der Waals surface area contributed by atoms with E-state index in [1.165, 1.54) is 6.42 Å². The molecule has 0 bridgehead atoms. The summed E-state index contributed by atoms with van der Waals surface area (Å²) in [6.45, 7) is 10.6. The van der Waals surface area contributed by atoms with Crippen molar-refractivity contribution >= 4 is 5.91 Å². The van der Waals surface area contributed by atoms with Gasteiger partial charge in [-0.05, 0) is 39.3 Å². The number of ether oxygens (including phenoxy) is 1. The van der Waals surface area contributed by atoms with Crippen molar-refractivity contribution in [1.29, 1.82) is 0 Å². The average molecular weight is 297 g/mol. The highest BCUT2D eigenvalue weighted by Gasteiger charge is 2.42. The number of methoxy groups -OCH3 is 1. The average Bonchev–Trinajstić information content (AvgIpc) is 2.54. The van der Waals surface area contributed by atoms with Crippen molar-refractivity contribution in [3.05, 3.63) is 0 Å². The largest absolute Gasteiger partial charge is 0.384 e. The van der Waals surface area contributed by atoms with E-state index in [-0.39, 0.29) is 5.41 Å². The van der Waals surface area contributed by atoms with Crippen molar-refractivity contribution in [2.45, 2.75) is 39.2 Å². The van der Waals surface area contributed by atoms with Crippen LogP contribution >= 0.6 is 0 Å². The maximum Gasteiger partial charge on any atom is 0.231 e. The molecule has 2 aliphatic heterocycles. The second-order valence-corrected chi connectivity index (χ2v) is 6.55. The van der Waals surface area contributed by atoms with E-state index in [2.05, 4.69) is 29.0 Å². The van der Waals surface area contributed by atoms with Crippen molar-refractivity contribution in [3.63, 3.8) is 0 Å². The number of hydrogen-bond donors (Lipinski definition) is 1. The summed E-state index contributed by atoms with van der Waals surface area (Å²) in [5.74, 6) is 0.314. The SMILES string of the molecule is CCC(C)N1CCN(C(=O)C2(COC)CCNCC2)CC1. The van der Waals surface area contributed by atoms with Gasteiger partial charge in [0, 0.05) is 39.3 Å². The monoisotopic (exact) mass is 297 g/mol. The molecule has 5 heteroatoms. The lowest BCUT2D eigenvalue weighted by Gasteiger charge is -2.43. The molecule has 0 aliphatic carbocycles. The van der Waals surface area contributed by atoms with Gasteiger partial charge >= 0.3 is 0 Å². The Kier molecular flexibility index (Phi) is 6.02. The molecule has 0 aromatic rings. The first kappa shape index (κ1) is 16.7. The maximum atomic E-state index is 13.0. The van der Waals surface area contributed by atoms with Crippen LogP contribution in [-0.4, -0.2) is 74.7 Å². The maximum absolute atomic E-state index is 13.0. The first-order chi connectivity index (χ1) is 10.1. The minimum atomic E-state index is -0.293. The third-order valence-electron chi connectivity index (χ3n) is 5.25. The molecule has 0 spiro atoms. The van der Waals surface area contributed by atoms with E-state index >= 15 is 0 Å². The Bertz CT molecular complexity index is 329. The van der Waals surface area contributed by atoms with Gasteiger partial charge in [-0.2, -0.15) is 0 Å². The summed E-state index contributed by atoms with van der Waals surface area (Å²) in [5.41, 5.74) is -0.293. The number of nitrogens with zero attached hydrogens (tertiary/aromatic N) is 2. The van der Waals surface area contributed by atoms with Crippen LogP contribution in [-0.2, 0) is 9.53 Å². The number of carbonyl (C=O) groups is 1. The van der Waals surface area contributed by atoms with Gasteiger partial charge in [-0.1, -0.05) is 6.92 Å². The summed E-state index contributed by atoms with van der Waals surface area (Å²) in [4.78, 5) is 17.6. The van der Waals surface area contributed by atoms with Crippen molar-refractivity contribution < 1.29 is 9.53 Å². The molecule has 1 amide bonds. The zero-order chi connectivity index (χ0) is 15.3. The third kappa shape index (κ3) is 3.76. The second-order valence-electron chi connectivity index (χ2n) is 6.55. The first-order valence-electron chi connectivity index (χ1n) is 8.36. The molecule has 21 heavy (non-hydrogen) atoms. The molecule has 0 saturated carbocycles. The molecule has 2 fully saturated rings. The molecule has 2 heterocycles. The Labute approximate surface area is 129 Å². The van der Waals surface area contributed by atoms with Crippen LogP contribution in [0.25, 0.3) is 0 Å². The molecule has 1 unspecified atom stereocenters. The Morgan fingerprint density at radius 1 is 1.24 bits per heavy atom. The van der Waals surface area contributed by atoms with E-state index in [1.807, 2.05) is 0 Å². The molecule has 5 nitrogen and oxygen atoms in total. The predicted molar refractivity (Wildman–Crippen MR) is 84.3 cm³/mol. The quantitative estimate of drug-likeness (QED) is 0.820. The molecule has 2 aliphatic rings. The van der Waals surface area contributed by atoms with Gasteiger partial charge in [0.25, 0.3) is 0 Å². The molecule has 2 saturated heterocycles. The zero-order valence-corrected chi connectivity index (χ0v) is 13.9. The van der Waals surface area contributed by atoms with Gasteiger partial charge in [0.05, 0.1) is 12.0 Å². The Morgan fingerprint density at radius 2 is 1.86 bits per heavy atom. The number of piperazine rings is 1. The van der Waals surface area contributed by atoms with E-state index in [4.69, 9.17) is 4.74 Å². The van der Waals surface area contributed by atoms with Gasteiger partial charge in [0.15, 0.2) is 0 Å². The van der Waals surface area contributed by atoms with Crippen molar-refractivity contribution in [2.75, 3.05) is 53.0 Å². The van der Waals surface area contributed by atoms with Crippen LogP contribution in [0.2, 0.25) is 0 Å². The Morgan fingerprint density at radius 3 is 2.38 bits per heavy atom. The molecule has 2 rings (SSSR count). The lowest BCUT2D eigenvalue weighted by molar-refractivity contribution is -0.149. The highest BCUT2D eigenvalue weighted by molar-refractivity contribution is 5.83. The number of nitrogens with one attached hydrogen (secondary N) is 1. The number of rotatable bonds is 5. The van der Waals surface area contributed by atoms with Crippen LogP contribution in [0.15, 0.2) is 0 Å². The van der Waals surface area contributed by atoms with Crippen LogP contribution in [0.4, 0.5) is 0 Å². The van der Waals surface area contributed by atoms with Crippen LogP contribution in [0.1, 0.15) is 33.1 Å². The standard InChI is InChI=1S/C16H31N3O2/c1-4-14(2)18-9-11-19(12-10-18)15(20)16(13-21-3)5-7-17-8-6-16/h14,17H,4-13H2,1-3H3. The minimum absolute atomic E-state index is 0.293. The predicted octanol–water partition coefficient (Wildman–Crippen LogP) is 0.945. The second kappa shape index (κ2) is 7.56. The molecule has 1 atom stereocenters. The van der Waals surface area contributed by atoms with E-state index in [0.29, 0.717) is 18.6 Å². The summed E-state index contributed by atoms with van der Waals surface area (Å²) in [6.07, 6.45) is 2.96. The number of carbonyl (C=O) groups excluding carboxylic acids is 1. The van der Waals surface area contributed by atoms with Gasteiger partial charge < -0.3 is 15.0 Å². The normalized spacial score (nSPS) is 24.8. The van der Waals surface area contributed by atoms with Crippen LogP contribution in [0, 0.1) is 5.41 Å². The zero-order valence-electron chi connectivity index (χ0n) is 13.9. The number of amides is 1. The van der Waals surface area contributed by atoms with Crippen LogP contribution in [0.5, 0.6) is 0 Å². The van der Waals surface area contributed by atoms with Crippen molar-refractivity contribution in [2.24, 2.45) is 5.41 Å². The number of hydrogen-bond acceptors (Lipinski definition) is 4. The molecular formula is C16H31N3O2. The molecule has 122 valence electrons. The minimum Gasteiger partial charge on any atom is -0.384 e. The fourth-order valence-electron chi connectivity index (χ4n) is 3.56. The lowest BCUT2D eigenvalue weighted by atomic mass is 9.78. The summed E-state index contributed by atoms with van der Waals surface area (Å²) in [6, 6.07) is 0.620. The summed E-state index contributed by atoms with van der Waals surface area (Å²) in [5, 5.41) is 3.35. The van der Waals surface area contributed by atoms with Crippen molar-refractivity contribution in [1.82, 2.24) is 15.1 Å². The molecular weight excluding hydrogens is 266 g/mol. The van der Waals surface area contributed by atoms with E-state index in [1.54, 1.807) is 7.11 Å². The van der Waals surface area contributed by atoms with Crippen molar-refractivity contribution in [3.8, 4) is 0 Å². The van der Waals surface area contributed by atoms with Gasteiger partial charge in [-0.15, -0.1) is 0 Å². The van der Waals surface area contributed by atoms with E-state index in [0.717, 1.165) is 52.1 Å². The highest BCUT2D eigenvalue weighted by Crippen LogP contribution is 2.32. The number of piperidine rings is 1. The summed E-state index contributed by atoms with van der Waals surface area (Å²) >= 11 is 0. The van der Waals surface area contributed by atoms with Gasteiger partial charge in [-0.3, -0.25) is 9.69 Å². The molecule has 0 aromatic carbocycles. The highest BCUT2D eigenvalue weighted by atomic mass is 16.5. The summed E-state index contributed by atoms with van der Waals surface area (Å²) < 4.78 is 5.39. The van der Waals surface area contributed by atoms with Crippen LogP contribution < -0.4 is 5.32 Å². The van der Waals surface area contributed by atoms with E-state index < -0.39 is 0 Å². The first-order valence-corrected chi connectivity index (χ1v) is 8.36. The fourth-order valence-corrected chi connectivity index (χ4v) is 3.56. The summed E-state index contributed by atoms with van der Waals surface area (Å²) in [7, 11) is 1.71. The third-order valence-corrected chi connectivity index (χ3v) is 5.25. The topological polar surface area (TPSA) is 44.8 Å². The molecule has 0 radical (unpaired) electrons. The molecule has 0 aromatic heterocycles. The van der Waals surface area contributed by atoms with E-state index in [9.17, 15) is 4.79 Å². The Balaban J connectivity index is 1.96.